The van der Waals surface area contributed by atoms with Crippen molar-refractivity contribution in [3.05, 3.63) is 34.2 Å². The Morgan fingerprint density at radius 1 is 1.53 bits per heavy atom. The number of ether oxygens (including phenoxy) is 1. The molecule has 0 aromatic carbocycles. The van der Waals surface area contributed by atoms with E-state index in [4.69, 9.17) is 0 Å². The molecule has 0 spiro atoms. The Kier molecular flexibility index (Phi) is 4.37. The summed E-state index contributed by atoms with van der Waals surface area (Å²) in [7, 11) is 1.15. The summed E-state index contributed by atoms with van der Waals surface area (Å²) in [6.07, 6.45) is -1.56. The van der Waals surface area contributed by atoms with Gasteiger partial charge in [-0.15, -0.1) is 0 Å². The number of carbonyl (C=O) groups excluding carboxylic acids is 1. The van der Waals surface area contributed by atoms with Crippen LogP contribution < -0.4 is 5.56 Å². The summed E-state index contributed by atoms with van der Waals surface area (Å²) in [5.41, 5.74) is -0.774. The second-order valence-electron chi connectivity index (χ2n) is 3.60. The third-order valence-electron chi connectivity index (χ3n) is 2.37. The summed E-state index contributed by atoms with van der Waals surface area (Å²) in [6, 6.07) is 2.09. The standard InChI is InChI=1S/C11H13F2NO3/c1-7(6-9(12)13)14-5-3-4-8(10(14)15)11(16)17-2/h3-5,7,9H,6H2,1-2H3. The van der Waals surface area contributed by atoms with Crippen molar-refractivity contribution in [2.24, 2.45) is 0 Å². The summed E-state index contributed by atoms with van der Waals surface area (Å²) < 4.78 is 30.0. The van der Waals surface area contributed by atoms with Gasteiger partial charge in [0.25, 0.3) is 5.56 Å². The predicted octanol–water partition coefficient (Wildman–Crippen LogP) is 1.85. The zero-order valence-electron chi connectivity index (χ0n) is 9.52. The van der Waals surface area contributed by atoms with E-state index < -0.39 is 30.4 Å². The minimum Gasteiger partial charge on any atom is -0.465 e. The number of pyridine rings is 1. The van der Waals surface area contributed by atoms with Gasteiger partial charge in [-0.25, -0.2) is 13.6 Å². The maximum absolute atomic E-state index is 12.2. The molecule has 94 valence electrons. The van der Waals surface area contributed by atoms with Crippen molar-refractivity contribution in [1.29, 1.82) is 0 Å². The van der Waals surface area contributed by atoms with Crippen LogP contribution in [0.1, 0.15) is 29.7 Å². The highest BCUT2D eigenvalue weighted by molar-refractivity contribution is 5.88. The van der Waals surface area contributed by atoms with Crippen molar-refractivity contribution in [3.8, 4) is 0 Å². The predicted molar refractivity (Wildman–Crippen MR) is 57.4 cm³/mol. The van der Waals surface area contributed by atoms with E-state index in [1.807, 2.05) is 0 Å². The van der Waals surface area contributed by atoms with Crippen LogP contribution in [-0.2, 0) is 4.74 Å². The van der Waals surface area contributed by atoms with Crippen LogP contribution >= 0.6 is 0 Å². The molecule has 0 bridgehead atoms. The number of aromatic nitrogens is 1. The molecule has 4 nitrogen and oxygen atoms in total. The minimum atomic E-state index is -2.50. The molecule has 0 saturated carbocycles. The number of rotatable bonds is 4. The Labute approximate surface area is 96.8 Å². The lowest BCUT2D eigenvalue weighted by Crippen LogP contribution is -2.29. The highest BCUT2D eigenvalue weighted by Crippen LogP contribution is 2.14. The molecule has 0 aliphatic heterocycles. The third kappa shape index (κ3) is 3.12. The first kappa shape index (κ1) is 13.3. The van der Waals surface area contributed by atoms with Gasteiger partial charge in [-0.05, 0) is 19.1 Å². The topological polar surface area (TPSA) is 48.3 Å². The first-order chi connectivity index (χ1) is 7.97. The molecule has 0 N–H and O–H groups in total. The molecule has 0 amide bonds. The molecule has 6 heteroatoms. The van der Waals surface area contributed by atoms with E-state index in [1.165, 1.54) is 25.3 Å². The number of esters is 1. The SMILES string of the molecule is COC(=O)c1cccn(C(C)CC(F)F)c1=O. The van der Waals surface area contributed by atoms with E-state index in [0.29, 0.717) is 0 Å². The molecule has 1 heterocycles. The van der Waals surface area contributed by atoms with Crippen molar-refractivity contribution >= 4 is 5.97 Å². The van der Waals surface area contributed by atoms with E-state index >= 15 is 0 Å². The number of hydrogen-bond acceptors (Lipinski definition) is 3. The van der Waals surface area contributed by atoms with Gasteiger partial charge in [0.1, 0.15) is 5.56 Å². The van der Waals surface area contributed by atoms with Crippen LogP contribution in [0.2, 0.25) is 0 Å². The van der Waals surface area contributed by atoms with E-state index in [0.717, 1.165) is 11.7 Å². The second-order valence-corrected chi connectivity index (χ2v) is 3.60. The number of carbonyl (C=O) groups is 1. The first-order valence-electron chi connectivity index (χ1n) is 5.05. The van der Waals surface area contributed by atoms with Crippen molar-refractivity contribution in [2.75, 3.05) is 7.11 Å². The van der Waals surface area contributed by atoms with Crippen molar-refractivity contribution in [3.63, 3.8) is 0 Å². The van der Waals surface area contributed by atoms with Crippen LogP contribution in [0.5, 0.6) is 0 Å². The maximum atomic E-state index is 12.2. The quantitative estimate of drug-likeness (QED) is 0.760. The van der Waals surface area contributed by atoms with Gasteiger partial charge in [-0.1, -0.05) is 0 Å². The van der Waals surface area contributed by atoms with E-state index in [9.17, 15) is 18.4 Å². The van der Waals surface area contributed by atoms with Crippen LogP contribution in [0.25, 0.3) is 0 Å². The summed E-state index contributed by atoms with van der Waals surface area (Å²) in [5.74, 6) is -0.770. The first-order valence-corrected chi connectivity index (χ1v) is 5.05. The highest BCUT2D eigenvalue weighted by atomic mass is 19.3. The molecule has 0 aliphatic rings. The number of alkyl halides is 2. The fourth-order valence-corrected chi connectivity index (χ4v) is 1.49. The Morgan fingerprint density at radius 2 is 2.18 bits per heavy atom. The highest BCUT2D eigenvalue weighted by Gasteiger charge is 2.17. The molecule has 1 rings (SSSR count). The molecule has 1 atom stereocenters. The molecule has 0 fully saturated rings. The monoisotopic (exact) mass is 245 g/mol. The summed E-state index contributed by atoms with van der Waals surface area (Å²) in [6.45, 7) is 1.49. The van der Waals surface area contributed by atoms with Crippen molar-refractivity contribution in [1.82, 2.24) is 4.57 Å². The van der Waals surface area contributed by atoms with Gasteiger partial charge in [-0.2, -0.15) is 0 Å². The van der Waals surface area contributed by atoms with Gasteiger partial charge in [0.15, 0.2) is 0 Å². The van der Waals surface area contributed by atoms with E-state index in [-0.39, 0.29) is 5.56 Å². The average molecular weight is 245 g/mol. The Morgan fingerprint density at radius 3 is 2.71 bits per heavy atom. The van der Waals surface area contributed by atoms with Gasteiger partial charge in [0.2, 0.25) is 6.43 Å². The van der Waals surface area contributed by atoms with Gasteiger partial charge in [0.05, 0.1) is 7.11 Å². The van der Waals surface area contributed by atoms with Crippen LogP contribution in [0.4, 0.5) is 8.78 Å². The summed E-state index contributed by atoms with van der Waals surface area (Å²) in [5, 5.41) is 0. The lowest BCUT2D eigenvalue weighted by atomic mass is 10.2. The van der Waals surface area contributed by atoms with Crippen LogP contribution in [-0.4, -0.2) is 24.1 Å². The average Bonchev–Trinajstić information content (AvgIpc) is 2.27. The molecular formula is C11H13F2NO3. The lowest BCUT2D eigenvalue weighted by Gasteiger charge is -2.15. The normalized spacial score (nSPS) is 12.5. The van der Waals surface area contributed by atoms with Gasteiger partial charge in [0, 0.05) is 18.7 Å². The molecular weight excluding hydrogens is 232 g/mol. The number of methoxy groups -OCH3 is 1. The molecule has 0 aliphatic carbocycles. The Bertz CT molecular complexity index is 456. The third-order valence-corrected chi connectivity index (χ3v) is 2.37. The fourth-order valence-electron chi connectivity index (χ4n) is 1.49. The number of hydrogen-bond donors (Lipinski definition) is 0. The Balaban J connectivity index is 3.10. The molecule has 0 saturated heterocycles. The smallest absolute Gasteiger partial charge is 0.343 e. The van der Waals surface area contributed by atoms with Crippen LogP contribution in [0, 0.1) is 0 Å². The molecule has 1 unspecified atom stereocenters. The molecule has 17 heavy (non-hydrogen) atoms. The Hall–Kier alpha value is -1.72. The number of halogens is 2. The van der Waals surface area contributed by atoms with Crippen LogP contribution in [0.15, 0.2) is 23.1 Å². The minimum absolute atomic E-state index is 0.156. The largest absolute Gasteiger partial charge is 0.465 e. The van der Waals surface area contributed by atoms with E-state index in [2.05, 4.69) is 4.74 Å². The second kappa shape index (κ2) is 5.56. The van der Waals surface area contributed by atoms with Crippen LogP contribution in [0.3, 0.4) is 0 Å². The summed E-state index contributed by atoms with van der Waals surface area (Å²) in [4.78, 5) is 23.1. The molecule has 1 aromatic heterocycles. The fraction of sp³-hybridized carbons (Fsp3) is 0.455. The summed E-state index contributed by atoms with van der Waals surface area (Å²) >= 11 is 0. The zero-order chi connectivity index (χ0) is 13.0. The van der Waals surface area contributed by atoms with Gasteiger partial charge in [-0.3, -0.25) is 4.79 Å². The van der Waals surface area contributed by atoms with E-state index in [1.54, 1.807) is 0 Å². The van der Waals surface area contributed by atoms with Crippen molar-refractivity contribution < 1.29 is 18.3 Å². The lowest BCUT2D eigenvalue weighted by molar-refractivity contribution is 0.0597. The molecule has 0 radical (unpaired) electrons. The maximum Gasteiger partial charge on any atom is 0.343 e. The molecule has 1 aromatic rings. The van der Waals surface area contributed by atoms with Crippen molar-refractivity contribution in [2.45, 2.75) is 25.8 Å². The zero-order valence-corrected chi connectivity index (χ0v) is 9.52. The van der Waals surface area contributed by atoms with Gasteiger partial charge >= 0.3 is 5.97 Å². The van der Waals surface area contributed by atoms with Gasteiger partial charge < -0.3 is 9.30 Å². The number of nitrogens with zero attached hydrogens (tertiary/aromatic N) is 1.